The van der Waals surface area contributed by atoms with Gasteiger partial charge in [-0.3, -0.25) is 0 Å². The fourth-order valence-electron chi connectivity index (χ4n) is 2.86. The Balaban J connectivity index is 2.33. The molecule has 0 fully saturated rings. The number of sulfonamides is 1. The predicted molar refractivity (Wildman–Crippen MR) is 105 cm³/mol. The quantitative estimate of drug-likeness (QED) is 0.611. The lowest BCUT2D eigenvalue weighted by Gasteiger charge is -2.11. The first-order chi connectivity index (χ1) is 12.3. The van der Waals surface area contributed by atoms with E-state index in [-0.39, 0.29) is 10.8 Å². The van der Waals surface area contributed by atoms with Crippen molar-refractivity contribution in [1.82, 2.24) is 0 Å². The molecule has 0 saturated heterocycles. The van der Waals surface area contributed by atoms with Crippen LogP contribution >= 0.6 is 11.6 Å². The zero-order valence-electron chi connectivity index (χ0n) is 14.1. The lowest BCUT2D eigenvalue weighted by atomic mass is 9.93. The first kappa shape index (κ1) is 18.5. The van der Waals surface area contributed by atoms with Gasteiger partial charge in [-0.05, 0) is 23.8 Å². The van der Waals surface area contributed by atoms with Gasteiger partial charge in [0.1, 0.15) is 5.76 Å². The van der Waals surface area contributed by atoms with E-state index in [9.17, 15) is 8.42 Å². The average molecular weight is 388 g/mol. The second kappa shape index (κ2) is 7.11. The Bertz CT molecular complexity index is 1050. The molecule has 26 heavy (non-hydrogen) atoms. The number of primary sulfonamides is 1. The molecule has 0 aliphatic rings. The molecule has 0 aliphatic carbocycles. The Kier molecular flexibility index (Phi) is 5.05. The Morgan fingerprint density at radius 3 is 2.38 bits per heavy atom. The van der Waals surface area contributed by atoms with Gasteiger partial charge in [0.05, 0.1) is 11.2 Å². The number of halogens is 1. The summed E-state index contributed by atoms with van der Waals surface area (Å²) in [6, 6.07) is 13.9. The normalized spacial score (nSPS) is 12.7. The average Bonchev–Trinajstić information content (AvgIpc) is 3.06. The van der Waals surface area contributed by atoms with Gasteiger partial charge in [-0.25, -0.2) is 13.6 Å². The van der Waals surface area contributed by atoms with Gasteiger partial charge in [-0.15, -0.1) is 6.58 Å². The molecule has 134 valence electrons. The number of furan rings is 1. The van der Waals surface area contributed by atoms with Gasteiger partial charge in [-0.1, -0.05) is 54.9 Å². The SMILES string of the molecule is C=CC(C)c1occ(-c2ccccc2S(N)(=O)=O)c1-c1ccc(Cl)cc1. The van der Waals surface area contributed by atoms with Gasteiger partial charge >= 0.3 is 0 Å². The molecule has 0 amide bonds. The minimum atomic E-state index is -3.89. The fourth-order valence-corrected chi connectivity index (χ4v) is 3.74. The summed E-state index contributed by atoms with van der Waals surface area (Å²) in [5, 5.41) is 6.02. The van der Waals surface area contributed by atoms with Crippen LogP contribution in [0.4, 0.5) is 0 Å². The third-order valence-corrected chi connectivity index (χ3v) is 5.42. The van der Waals surface area contributed by atoms with Crippen molar-refractivity contribution in [3.8, 4) is 22.3 Å². The van der Waals surface area contributed by atoms with Crippen LogP contribution in [-0.2, 0) is 10.0 Å². The van der Waals surface area contributed by atoms with E-state index in [0.29, 0.717) is 21.9 Å². The highest BCUT2D eigenvalue weighted by atomic mass is 35.5. The van der Waals surface area contributed by atoms with E-state index in [0.717, 1.165) is 11.1 Å². The second-order valence-corrected chi connectivity index (χ2v) is 7.93. The predicted octanol–water partition coefficient (Wildman–Crippen LogP) is 5.20. The van der Waals surface area contributed by atoms with Crippen molar-refractivity contribution in [3.05, 3.63) is 78.2 Å². The highest BCUT2D eigenvalue weighted by Gasteiger charge is 2.24. The highest BCUT2D eigenvalue weighted by molar-refractivity contribution is 7.89. The van der Waals surface area contributed by atoms with Crippen molar-refractivity contribution in [1.29, 1.82) is 0 Å². The van der Waals surface area contributed by atoms with E-state index in [4.69, 9.17) is 21.2 Å². The molecule has 1 atom stereocenters. The summed E-state index contributed by atoms with van der Waals surface area (Å²) in [6.07, 6.45) is 3.33. The molecule has 3 rings (SSSR count). The van der Waals surface area contributed by atoms with Crippen molar-refractivity contribution < 1.29 is 12.8 Å². The molecular formula is C20H18ClNO3S. The first-order valence-electron chi connectivity index (χ1n) is 7.95. The summed E-state index contributed by atoms with van der Waals surface area (Å²) >= 11 is 6.01. The highest BCUT2D eigenvalue weighted by Crippen LogP contribution is 2.42. The number of hydrogen-bond acceptors (Lipinski definition) is 3. The molecule has 2 N–H and O–H groups in total. The molecule has 2 aromatic carbocycles. The standard InChI is InChI=1S/C20H18ClNO3S/c1-3-13(2)20-19(14-8-10-15(21)11-9-14)17(12-25-20)16-6-4-5-7-18(16)26(22,23)24/h3-13H,1H2,2H3,(H2,22,23,24). The molecule has 1 aromatic heterocycles. The minimum Gasteiger partial charge on any atom is -0.467 e. The summed E-state index contributed by atoms with van der Waals surface area (Å²) in [6.45, 7) is 5.79. The largest absolute Gasteiger partial charge is 0.467 e. The molecule has 0 radical (unpaired) electrons. The Morgan fingerprint density at radius 2 is 1.77 bits per heavy atom. The van der Waals surface area contributed by atoms with Crippen molar-refractivity contribution in [2.75, 3.05) is 0 Å². The lowest BCUT2D eigenvalue weighted by molar-refractivity contribution is 0.501. The monoisotopic (exact) mass is 387 g/mol. The van der Waals surface area contributed by atoms with Crippen LogP contribution in [0.15, 0.2) is 76.8 Å². The minimum absolute atomic E-state index is 0.0498. The molecule has 4 nitrogen and oxygen atoms in total. The van der Waals surface area contributed by atoms with Crippen molar-refractivity contribution in [3.63, 3.8) is 0 Å². The lowest BCUT2D eigenvalue weighted by Crippen LogP contribution is -2.13. The summed E-state index contributed by atoms with van der Waals surface area (Å²) in [4.78, 5) is 0.0498. The van der Waals surface area contributed by atoms with Crippen LogP contribution in [0, 0.1) is 0 Å². The number of nitrogens with two attached hydrogens (primary N) is 1. The van der Waals surface area contributed by atoms with Crippen LogP contribution in [0.2, 0.25) is 5.02 Å². The summed E-state index contributed by atoms with van der Waals surface area (Å²) in [5.41, 5.74) is 2.81. The summed E-state index contributed by atoms with van der Waals surface area (Å²) < 4.78 is 29.9. The molecule has 0 saturated carbocycles. The maximum Gasteiger partial charge on any atom is 0.238 e. The van der Waals surface area contributed by atoms with Gasteiger partial charge in [-0.2, -0.15) is 0 Å². The molecule has 0 bridgehead atoms. The van der Waals surface area contributed by atoms with Crippen molar-refractivity contribution >= 4 is 21.6 Å². The van der Waals surface area contributed by atoms with Gasteiger partial charge in [0.15, 0.2) is 0 Å². The van der Waals surface area contributed by atoms with Gasteiger partial charge in [0.2, 0.25) is 10.0 Å². The van der Waals surface area contributed by atoms with Crippen LogP contribution in [0.5, 0.6) is 0 Å². The van der Waals surface area contributed by atoms with Gasteiger partial charge in [0, 0.05) is 27.6 Å². The summed E-state index contributed by atoms with van der Waals surface area (Å²) in [5.74, 6) is 0.637. The molecule has 0 spiro atoms. The topological polar surface area (TPSA) is 73.3 Å². The smallest absolute Gasteiger partial charge is 0.238 e. The number of hydrogen-bond donors (Lipinski definition) is 1. The maximum atomic E-state index is 12.0. The number of benzene rings is 2. The molecule has 1 heterocycles. The second-order valence-electron chi connectivity index (χ2n) is 5.96. The Morgan fingerprint density at radius 1 is 1.12 bits per heavy atom. The van der Waals surface area contributed by atoms with E-state index in [2.05, 4.69) is 6.58 Å². The van der Waals surface area contributed by atoms with E-state index in [1.165, 1.54) is 6.07 Å². The zero-order chi connectivity index (χ0) is 18.9. The molecule has 6 heteroatoms. The number of allylic oxidation sites excluding steroid dienone is 1. The van der Waals surface area contributed by atoms with E-state index in [1.54, 1.807) is 42.7 Å². The van der Waals surface area contributed by atoms with Gasteiger partial charge in [0.25, 0.3) is 0 Å². The van der Waals surface area contributed by atoms with Crippen LogP contribution in [0.1, 0.15) is 18.6 Å². The molecule has 1 unspecified atom stereocenters. The molecule has 3 aromatic rings. The first-order valence-corrected chi connectivity index (χ1v) is 9.87. The third-order valence-electron chi connectivity index (χ3n) is 4.20. The van der Waals surface area contributed by atoms with Gasteiger partial charge < -0.3 is 4.42 Å². The van der Waals surface area contributed by atoms with Crippen molar-refractivity contribution in [2.45, 2.75) is 17.7 Å². The Labute approximate surface area is 158 Å². The van der Waals surface area contributed by atoms with Crippen LogP contribution in [0.25, 0.3) is 22.3 Å². The van der Waals surface area contributed by atoms with E-state index < -0.39 is 10.0 Å². The number of rotatable bonds is 5. The Hall–Kier alpha value is -2.34. The zero-order valence-corrected chi connectivity index (χ0v) is 15.7. The molecular weight excluding hydrogens is 370 g/mol. The van der Waals surface area contributed by atoms with Crippen LogP contribution in [0.3, 0.4) is 0 Å². The summed E-state index contributed by atoms with van der Waals surface area (Å²) in [7, 11) is -3.89. The maximum absolute atomic E-state index is 12.0. The van der Waals surface area contributed by atoms with Crippen LogP contribution < -0.4 is 5.14 Å². The molecule has 0 aliphatic heterocycles. The fraction of sp³-hybridized carbons (Fsp3) is 0.100. The third kappa shape index (κ3) is 3.46. The van der Waals surface area contributed by atoms with E-state index >= 15 is 0 Å². The van der Waals surface area contributed by atoms with Crippen LogP contribution in [-0.4, -0.2) is 8.42 Å². The van der Waals surface area contributed by atoms with E-state index in [1.807, 2.05) is 19.1 Å². The van der Waals surface area contributed by atoms with Crippen molar-refractivity contribution in [2.24, 2.45) is 5.14 Å².